The molecule has 0 aliphatic rings. The van der Waals surface area contributed by atoms with Crippen LogP contribution in [-0.2, 0) is 19.5 Å². The minimum absolute atomic E-state index is 0. The Bertz CT molecular complexity index is 175. The summed E-state index contributed by atoms with van der Waals surface area (Å²) >= 11 is 0. The normalized spacial score (nSPS) is 7.58. The van der Waals surface area contributed by atoms with Crippen LogP contribution in [0.3, 0.4) is 0 Å². The number of rotatable bonds is 1. The Hall–Kier alpha value is 0.423. The quantitative estimate of drug-likeness (QED) is 0.549. The number of halogens is 2. The van der Waals surface area contributed by atoms with Crippen LogP contribution >= 0.6 is 24.8 Å². The fraction of sp³-hybridized carbons (Fsp3) is 0.333. The van der Waals surface area contributed by atoms with E-state index in [1.54, 1.807) is 0 Å². The predicted octanol–water partition coefficient (Wildman–Crippen LogP) is 3.45. The van der Waals surface area contributed by atoms with Crippen LogP contribution in [0.25, 0.3) is 0 Å². The molecular weight excluding hydrogens is 280 g/mol. The third-order valence-electron chi connectivity index (χ3n) is 1.36. The smallest absolute Gasteiger partial charge is 0.180 e. The molecule has 0 aliphatic heterocycles. The van der Waals surface area contributed by atoms with Gasteiger partial charge in [-0.3, -0.25) is 0 Å². The molecule has 0 saturated carbocycles. The zero-order valence-corrected chi connectivity index (χ0v) is 10.4. The van der Waals surface area contributed by atoms with Crippen molar-refractivity contribution in [1.29, 1.82) is 0 Å². The molecule has 0 aromatic heterocycles. The number of benzene rings is 1. The van der Waals surface area contributed by atoms with Crippen molar-refractivity contribution in [2.45, 2.75) is 19.8 Å². The van der Waals surface area contributed by atoms with Crippen molar-refractivity contribution in [2.24, 2.45) is 0 Å². The Balaban J connectivity index is -0.000000270. The van der Waals surface area contributed by atoms with Crippen LogP contribution < -0.4 is 0 Å². The first kappa shape index (κ1) is 18.3. The molecule has 1 rings (SSSR count). The van der Waals surface area contributed by atoms with Crippen molar-refractivity contribution in [1.82, 2.24) is 0 Å². The van der Waals surface area contributed by atoms with Crippen molar-refractivity contribution in [2.75, 3.05) is 0 Å². The molecule has 0 atom stereocenters. The second-order valence-electron chi connectivity index (χ2n) is 2.47. The molecule has 0 saturated heterocycles. The van der Waals surface area contributed by atoms with E-state index in [0.29, 0.717) is 5.92 Å². The Kier molecular flexibility index (Phi) is 14.5. The van der Waals surface area contributed by atoms with Gasteiger partial charge < -0.3 is 0 Å². The molecule has 71 valence electrons. The summed E-state index contributed by atoms with van der Waals surface area (Å²) in [6.07, 6.45) is 0. The molecule has 0 aliphatic carbocycles. The van der Waals surface area contributed by atoms with E-state index in [0.717, 1.165) is 0 Å². The van der Waals surface area contributed by atoms with Gasteiger partial charge in [0.05, 0.1) is 0 Å². The molecule has 3 heteroatoms. The van der Waals surface area contributed by atoms with Gasteiger partial charge in [-0.15, -0.1) is 24.8 Å². The van der Waals surface area contributed by atoms with Gasteiger partial charge in [-0.25, -0.2) is 0 Å². The van der Waals surface area contributed by atoms with Crippen LogP contribution in [0.4, 0.5) is 0 Å². The molecule has 0 fully saturated rings. The minimum Gasteiger partial charge on any atom is -0.180 e. The monoisotopic (exact) mass is 293 g/mol. The van der Waals surface area contributed by atoms with E-state index in [-0.39, 0.29) is 44.3 Å². The van der Waals surface area contributed by atoms with Gasteiger partial charge in [-0.1, -0.05) is 13.8 Å². The molecule has 1 aromatic rings. The van der Waals surface area contributed by atoms with Crippen LogP contribution in [0.15, 0.2) is 24.3 Å². The van der Waals surface area contributed by atoms with Crippen LogP contribution in [-0.4, -0.2) is 0 Å². The molecule has 0 nitrogen and oxygen atoms in total. The second-order valence-corrected chi connectivity index (χ2v) is 2.47. The van der Waals surface area contributed by atoms with Gasteiger partial charge in [0, 0.05) is 0 Å². The summed E-state index contributed by atoms with van der Waals surface area (Å²) in [6.45, 7) is 4.34. The maximum Gasteiger partial charge on any atom is 1.00 e. The molecule has 0 unspecified atom stereocenters. The van der Waals surface area contributed by atoms with Gasteiger partial charge in [-0.2, -0.15) is 35.9 Å². The fourth-order valence-corrected chi connectivity index (χ4v) is 0.766. The zero-order chi connectivity index (χ0) is 6.69. The van der Waals surface area contributed by atoms with Crippen molar-refractivity contribution < 1.29 is 19.5 Å². The van der Waals surface area contributed by atoms with E-state index in [2.05, 4.69) is 26.0 Å². The SMILES string of the molecule is CC(C)c1[c-]cccc1.Cl.Cl.[Ru+]. The van der Waals surface area contributed by atoms with E-state index >= 15 is 0 Å². The van der Waals surface area contributed by atoms with Gasteiger partial charge in [0.15, 0.2) is 0 Å². The van der Waals surface area contributed by atoms with Gasteiger partial charge in [-0.05, 0) is 5.92 Å². The summed E-state index contributed by atoms with van der Waals surface area (Å²) in [4.78, 5) is 0. The predicted molar refractivity (Wildman–Crippen MR) is 53.9 cm³/mol. The topological polar surface area (TPSA) is 0 Å². The van der Waals surface area contributed by atoms with Crippen molar-refractivity contribution in [3.8, 4) is 0 Å². The Morgan fingerprint density at radius 1 is 1.17 bits per heavy atom. The van der Waals surface area contributed by atoms with Crippen molar-refractivity contribution >= 4 is 24.8 Å². The average Bonchev–Trinajstić information content (AvgIpc) is 1.90. The summed E-state index contributed by atoms with van der Waals surface area (Å²) < 4.78 is 0. The van der Waals surface area contributed by atoms with Crippen LogP contribution in [0.1, 0.15) is 25.3 Å². The maximum atomic E-state index is 3.17. The number of hydrogen-bond acceptors (Lipinski definition) is 0. The van der Waals surface area contributed by atoms with Gasteiger partial charge >= 0.3 is 19.5 Å². The molecular formula is C9H13Cl2Ru. The van der Waals surface area contributed by atoms with Gasteiger partial charge in [0.2, 0.25) is 0 Å². The van der Waals surface area contributed by atoms with Gasteiger partial charge in [0.1, 0.15) is 0 Å². The standard InChI is InChI=1S/C9H11.2ClH.Ru/c1-8(2)9-6-4-3-5-7-9;;;/h3-6,8H,1-2H3;2*1H;/q-1;;;+1. The molecule has 0 heterocycles. The Labute approximate surface area is 99.7 Å². The summed E-state index contributed by atoms with van der Waals surface area (Å²) in [5, 5.41) is 0. The molecule has 0 bridgehead atoms. The first-order valence-electron chi connectivity index (χ1n) is 3.27. The Morgan fingerprint density at radius 2 is 1.75 bits per heavy atom. The van der Waals surface area contributed by atoms with Crippen molar-refractivity contribution in [3.05, 3.63) is 35.9 Å². The van der Waals surface area contributed by atoms with Crippen LogP contribution in [0.5, 0.6) is 0 Å². The number of hydrogen-bond donors (Lipinski definition) is 0. The molecule has 1 aromatic carbocycles. The average molecular weight is 293 g/mol. The van der Waals surface area contributed by atoms with E-state index in [4.69, 9.17) is 0 Å². The summed E-state index contributed by atoms with van der Waals surface area (Å²) in [7, 11) is 0. The van der Waals surface area contributed by atoms with E-state index < -0.39 is 0 Å². The summed E-state index contributed by atoms with van der Waals surface area (Å²) in [6, 6.07) is 11.3. The largest absolute Gasteiger partial charge is 1.00 e. The van der Waals surface area contributed by atoms with Crippen LogP contribution in [0.2, 0.25) is 0 Å². The third kappa shape index (κ3) is 6.00. The molecule has 12 heavy (non-hydrogen) atoms. The first-order valence-corrected chi connectivity index (χ1v) is 3.27. The molecule has 0 N–H and O–H groups in total. The van der Waals surface area contributed by atoms with E-state index in [9.17, 15) is 0 Å². The molecule has 1 radical (unpaired) electrons. The van der Waals surface area contributed by atoms with E-state index in [1.165, 1.54) is 5.56 Å². The first-order chi connectivity index (χ1) is 4.30. The molecule has 0 spiro atoms. The summed E-state index contributed by atoms with van der Waals surface area (Å²) in [5.41, 5.74) is 1.29. The summed E-state index contributed by atoms with van der Waals surface area (Å²) in [5.74, 6) is 0.603. The minimum atomic E-state index is 0. The Morgan fingerprint density at radius 3 is 2.00 bits per heavy atom. The molecule has 0 amide bonds. The van der Waals surface area contributed by atoms with Crippen LogP contribution in [0, 0.1) is 6.07 Å². The van der Waals surface area contributed by atoms with E-state index in [1.807, 2.05) is 18.2 Å². The fourth-order valence-electron chi connectivity index (χ4n) is 0.766. The third-order valence-corrected chi connectivity index (χ3v) is 1.36. The zero-order valence-electron chi connectivity index (χ0n) is 7.06. The maximum absolute atomic E-state index is 3.17. The van der Waals surface area contributed by atoms with Gasteiger partial charge in [0.25, 0.3) is 0 Å². The second kappa shape index (κ2) is 9.51. The van der Waals surface area contributed by atoms with Crippen molar-refractivity contribution in [3.63, 3.8) is 0 Å².